The van der Waals surface area contributed by atoms with Gasteiger partial charge in [0.25, 0.3) is 0 Å². The number of benzene rings is 3. The lowest BCUT2D eigenvalue weighted by molar-refractivity contribution is 0.158. The van der Waals surface area contributed by atoms with Crippen LogP contribution in [0.5, 0.6) is 0 Å². The average molecular weight is 472 g/mol. The number of carbonyl (C=O) groups excluding carboxylic acids is 1. The molecule has 0 spiro atoms. The van der Waals surface area contributed by atoms with E-state index in [-0.39, 0.29) is 30.7 Å². The predicted molar refractivity (Wildman–Crippen MR) is 135 cm³/mol. The fraction of sp³-hybridized carbons (Fsp3) is 0.240. The monoisotopic (exact) mass is 471 g/mol. The second-order valence-corrected chi connectivity index (χ2v) is 7.73. The van der Waals surface area contributed by atoms with Gasteiger partial charge in [-0.3, -0.25) is 5.32 Å². The van der Waals surface area contributed by atoms with Gasteiger partial charge in [0.2, 0.25) is 0 Å². The van der Waals surface area contributed by atoms with Gasteiger partial charge in [0.05, 0.1) is 0 Å². The van der Waals surface area contributed by atoms with Gasteiger partial charge in [0.1, 0.15) is 6.61 Å². The Hall–Kier alpha value is -2.73. The van der Waals surface area contributed by atoms with Crippen LogP contribution in [-0.2, 0) is 4.74 Å². The smallest absolute Gasteiger partial charge is 0.411 e. The molecule has 0 aromatic heterocycles. The van der Waals surface area contributed by atoms with Gasteiger partial charge < -0.3 is 15.0 Å². The van der Waals surface area contributed by atoms with Crippen molar-refractivity contribution in [3.05, 3.63) is 83.9 Å². The van der Waals surface area contributed by atoms with Crippen molar-refractivity contribution < 1.29 is 9.53 Å². The molecule has 168 valence electrons. The number of fused-ring (bicyclic) bond motifs is 3. The lowest BCUT2D eigenvalue weighted by Gasteiger charge is -2.29. The maximum atomic E-state index is 12.4. The topological polar surface area (TPSA) is 53.6 Å². The SMILES string of the molecule is Cl.Cl.O=C(Nc1ccc(N2CCNCC2)cc1)OCC1c2ccccc2-c2ccccc21. The fourth-order valence-electron chi connectivity index (χ4n) is 4.43. The molecule has 1 aliphatic carbocycles. The van der Waals surface area contributed by atoms with E-state index in [1.807, 2.05) is 36.4 Å². The number of nitrogens with one attached hydrogen (secondary N) is 2. The van der Waals surface area contributed by atoms with Crippen molar-refractivity contribution in [1.82, 2.24) is 5.32 Å². The van der Waals surface area contributed by atoms with Gasteiger partial charge in [-0.2, -0.15) is 0 Å². The van der Waals surface area contributed by atoms with Crippen LogP contribution in [0.25, 0.3) is 11.1 Å². The number of hydrogen-bond acceptors (Lipinski definition) is 4. The van der Waals surface area contributed by atoms with Crippen molar-refractivity contribution in [2.45, 2.75) is 5.92 Å². The maximum Gasteiger partial charge on any atom is 0.411 e. The Morgan fingerprint density at radius 2 is 1.44 bits per heavy atom. The minimum absolute atomic E-state index is 0. The molecule has 2 N–H and O–H groups in total. The van der Waals surface area contributed by atoms with Crippen molar-refractivity contribution in [2.24, 2.45) is 0 Å². The number of amides is 1. The van der Waals surface area contributed by atoms with E-state index in [4.69, 9.17) is 4.74 Å². The second kappa shape index (κ2) is 10.7. The molecule has 32 heavy (non-hydrogen) atoms. The van der Waals surface area contributed by atoms with E-state index >= 15 is 0 Å². The van der Waals surface area contributed by atoms with E-state index in [1.165, 1.54) is 27.9 Å². The van der Waals surface area contributed by atoms with E-state index in [0.717, 1.165) is 31.9 Å². The van der Waals surface area contributed by atoms with Gasteiger partial charge in [-0.15, -0.1) is 24.8 Å². The lowest BCUT2D eigenvalue weighted by atomic mass is 9.98. The number of carbonyl (C=O) groups is 1. The molecule has 0 bridgehead atoms. The highest BCUT2D eigenvalue weighted by Crippen LogP contribution is 2.44. The highest BCUT2D eigenvalue weighted by molar-refractivity contribution is 5.86. The standard InChI is InChI=1S/C25H25N3O2.2ClH/c29-25(27-18-9-11-19(12-10-18)28-15-13-26-14-16-28)30-17-24-22-7-3-1-5-20(22)21-6-2-4-8-23(21)24;;/h1-12,24,26H,13-17H2,(H,27,29);2*1H. The normalized spacial score (nSPS) is 14.4. The summed E-state index contributed by atoms with van der Waals surface area (Å²) in [4.78, 5) is 14.8. The van der Waals surface area contributed by atoms with Gasteiger partial charge >= 0.3 is 6.09 Å². The number of hydrogen-bond donors (Lipinski definition) is 2. The summed E-state index contributed by atoms with van der Waals surface area (Å²) < 4.78 is 5.62. The Kier molecular flexibility index (Phi) is 8.02. The van der Waals surface area contributed by atoms with Gasteiger partial charge in [0, 0.05) is 43.5 Å². The van der Waals surface area contributed by atoms with Crippen LogP contribution in [0.3, 0.4) is 0 Å². The Labute approximate surface area is 201 Å². The van der Waals surface area contributed by atoms with Gasteiger partial charge in [-0.05, 0) is 46.5 Å². The fourth-order valence-corrected chi connectivity index (χ4v) is 4.43. The summed E-state index contributed by atoms with van der Waals surface area (Å²) in [5.74, 6) is 0.0678. The molecule has 0 saturated carbocycles. The molecule has 5 rings (SSSR count). The Balaban J connectivity index is 0.00000144. The first-order chi connectivity index (χ1) is 14.8. The predicted octanol–water partition coefficient (Wildman–Crippen LogP) is 5.30. The van der Waals surface area contributed by atoms with Crippen molar-refractivity contribution in [3.8, 4) is 11.1 Å². The van der Waals surface area contributed by atoms with Crippen molar-refractivity contribution in [1.29, 1.82) is 0 Å². The molecule has 1 fully saturated rings. The van der Waals surface area contributed by atoms with Crippen LogP contribution in [0, 0.1) is 0 Å². The molecule has 0 atom stereocenters. The van der Waals surface area contributed by atoms with E-state index in [0.29, 0.717) is 6.61 Å². The van der Waals surface area contributed by atoms with Crippen LogP contribution in [0.15, 0.2) is 72.8 Å². The molecule has 7 heteroatoms. The largest absolute Gasteiger partial charge is 0.448 e. The van der Waals surface area contributed by atoms with Crippen LogP contribution in [0.4, 0.5) is 16.2 Å². The number of anilines is 2. The first-order valence-corrected chi connectivity index (χ1v) is 10.5. The average Bonchev–Trinajstić information content (AvgIpc) is 3.13. The molecule has 1 amide bonds. The third kappa shape index (κ3) is 4.85. The zero-order chi connectivity index (χ0) is 20.3. The molecule has 1 saturated heterocycles. The van der Waals surface area contributed by atoms with E-state index < -0.39 is 6.09 Å². The molecule has 3 aromatic carbocycles. The summed E-state index contributed by atoms with van der Waals surface area (Å²) in [5.41, 5.74) is 6.80. The molecule has 0 unspecified atom stereocenters. The molecular weight excluding hydrogens is 445 g/mol. The number of nitrogens with zero attached hydrogens (tertiary/aromatic N) is 1. The lowest BCUT2D eigenvalue weighted by Crippen LogP contribution is -2.43. The maximum absolute atomic E-state index is 12.4. The molecule has 2 aliphatic rings. The van der Waals surface area contributed by atoms with Crippen molar-refractivity contribution >= 4 is 42.3 Å². The van der Waals surface area contributed by atoms with Gasteiger partial charge in [-0.25, -0.2) is 4.79 Å². The third-order valence-electron chi connectivity index (χ3n) is 5.94. The van der Waals surface area contributed by atoms with Gasteiger partial charge in [-0.1, -0.05) is 48.5 Å². The van der Waals surface area contributed by atoms with E-state index in [2.05, 4.69) is 51.9 Å². The molecule has 0 radical (unpaired) electrons. The molecular formula is C25H27Cl2N3O2. The summed E-state index contributed by atoms with van der Waals surface area (Å²) >= 11 is 0. The zero-order valence-electron chi connectivity index (χ0n) is 17.6. The minimum atomic E-state index is -0.424. The van der Waals surface area contributed by atoms with Crippen molar-refractivity contribution in [2.75, 3.05) is 43.0 Å². The van der Waals surface area contributed by atoms with Crippen LogP contribution in [0.1, 0.15) is 17.0 Å². The molecule has 1 aliphatic heterocycles. The number of halogens is 2. The molecule has 5 nitrogen and oxygen atoms in total. The first kappa shape index (κ1) is 23.9. The molecule has 3 aromatic rings. The minimum Gasteiger partial charge on any atom is -0.448 e. The summed E-state index contributed by atoms with van der Waals surface area (Å²) in [6, 6.07) is 24.6. The van der Waals surface area contributed by atoms with Crippen molar-refractivity contribution in [3.63, 3.8) is 0 Å². The van der Waals surface area contributed by atoms with E-state index in [9.17, 15) is 4.79 Å². The second-order valence-electron chi connectivity index (χ2n) is 7.73. The highest BCUT2D eigenvalue weighted by Gasteiger charge is 2.29. The van der Waals surface area contributed by atoms with Crippen LogP contribution in [-0.4, -0.2) is 38.9 Å². The Bertz CT molecular complexity index is 1010. The zero-order valence-corrected chi connectivity index (χ0v) is 19.3. The van der Waals surface area contributed by atoms with Crippen LogP contribution < -0.4 is 15.5 Å². The number of ether oxygens (including phenoxy) is 1. The Morgan fingerprint density at radius 3 is 2.03 bits per heavy atom. The summed E-state index contributed by atoms with van der Waals surface area (Å²) in [5, 5.41) is 6.21. The summed E-state index contributed by atoms with van der Waals surface area (Å²) in [7, 11) is 0. The summed E-state index contributed by atoms with van der Waals surface area (Å²) in [6.45, 7) is 4.32. The third-order valence-corrected chi connectivity index (χ3v) is 5.94. The van der Waals surface area contributed by atoms with Crippen LogP contribution in [0.2, 0.25) is 0 Å². The first-order valence-electron chi connectivity index (χ1n) is 10.5. The summed E-state index contributed by atoms with van der Waals surface area (Å²) in [6.07, 6.45) is -0.424. The Morgan fingerprint density at radius 1 is 0.875 bits per heavy atom. The number of piperazine rings is 1. The van der Waals surface area contributed by atoms with Crippen LogP contribution >= 0.6 is 24.8 Å². The highest BCUT2D eigenvalue weighted by atomic mass is 35.5. The van der Waals surface area contributed by atoms with E-state index in [1.54, 1.807) is 0 Å². The number of rotatable bonds is 4. The molecule has 1 heterocycles. The quantitative estimate of drug-likeness (QED) is 0.541. The van der Waals surface area contributed by atoms with Gasteiger partial charge in [0.15, 0.2) is 0 Å².